The number of aromatic hydroxyl groups is 1. The van der Waals surface area contributed by atoms with Crippen molar-refractivity contribution in [2.24, 2.45) is 0 Å². The van der Waals surface area contributed by atoms with Gasteiger partial charge in [0.1, 0.15) is 48.0 Å². The zero-order valence-electron chi connectivity index (χ0n) is 58.4. The Morgan fingerprint density at radius 3 is 1.36 bits per heavy atom. The molecule has 8 amide bonds. The van der Waals surface area contributed by atoms with Gasteiger partial charge >= 0.3 is 59.8 Å². The summed E-state index contributed by atoms with van der Waals surface area (Å²) in [5.41, 5.74) is 0.969. The first-order chi connectivity index (χ1) is 50.2. The number of carboxylic acid groups (broad SMARTS) is 9. The number of benzene rings is 3. The first-order valence-corrected chi connectivity index (χ1v) is 34.1. The van der Waals surface area contributed by atoms with Crippen molar-refractivity contribution in [3.63, 3.8) is 0 Å². The van der Waals surface area contributed by atoms with Crippen LogP contribution in [0.5, 0.6) is 5.75 Å². The number of phenolic OH excluding ortho intramolecular Hbond substituents is 1. The third-order valence-corrected chi connectivity index (χ3v) is 17.3. The number of aliphatic carboxylic acids is 9. The Morgan fingerprint density at radius 1 is 0.406 bits per heavy atom. The van der Waals surface area contributed by atoms with Crippen LogP contribution in [0, 0.1) is 0 Å². The average Bonchev–Trinajstić information content (AvgIpc) is 0.829. The van der Waals surface area contributed by atoms with Crippen molar-refractivity contribution in [2.45, 2.75) is 139 Å². The first kappa shape index (κ1) is 87.3. The van der Waals surface area contributed by atoms with Crippen LogP contribution in [0.25, 0.3) is 10.8 Å². The lowest BCUT2D eigenvalue weighted by atomic mass is 9.99. The van der Waals surface area contributed by atoms with Gasteiger partial charge in [-0.15, -0.1) is 0 Å². The van der Waals surface area contributed by atoms with E-state index >= 15 is 0 Å². The van der Waals surface area contributed by atoms with Gasteiger partial charge in [0.05, 0.1) is 19.6 Å². The molecule has 0 saturated carbocycles. The van der Waals surface area contributed by atoms with Gasteiger partial charge in [0.25, 0.3) is 0 Å². The van der Waals surface area contributed by atoms with E-state index in [1.807, 2.05) is 28.8 Å². The van der Waals surface area contributed by atoms with Gasteiger partial charge in [-0.2, -0.15) is 0 Å². The van der Waals surface area contributed by atoms with E-state index in [9.17, 15) is 123 Å². The maximum absolute atomic E-state index is 14.9. The highest BCUT2D eigenvalue weighted by molar-refractivity contribution is 5.94. The molecule has 1 heterocycles. The fourth-order valence-corrected chi connectivity index (χ4v) is 11.4. The Labute approximate surface area is 607 Å². The Hall–Kier alpha value is -11.1. The zero-order valence-corrected chi connectivity index (χ0v) is 58.4. The number of nitrogens with zero attached hydrogens (tertiary/aromatic N) is 5. The van der Waals surface area contributed by atoms with Crippen molar-refractivity contribution in [2.75, 3.05) is 92.1 Å². The molecule has 1 aliphatic rings. The molecule has 0 radical (unpaired) electrons. The molecule has 0 bridgehead atoms. The number of hydrogen-bond donors (Lipinski definition) is 17. The van der Waals surface area contributed by atoms with E-state index in [0.29, 0.717) is 11.1 Å². The quantitative estimate of drug-likeness (QED) is 0.0281. The summed E-state index contributed by atoms with van der Waals surface area (Å²) in [7, 11) is 1.29. The van der Waals surface area contributed by atoms with E-state index in [1.54, 1.807) is 24.3 Å². The summed E-state index contributed by atoms with van der Waals surface area (Å²) in [5, 5.41) is 116. The maximum atomic E-state index is 14.9. The van der Waals surface area contributed by atoms with Crippen molar-refractivity contribution in [1.29, 1.82) is 0 Å². The van der Waals surface area contributed by atoms with Crippen molar-refractivity contribution in [1.82, 2.24) is 61.7 Å². The lowest BCUT2D eigenvalue weighted by Crippen LogP contribution is -2.57. The van der Waals surface area contributed by atoms with Crippen molar-refractivity contribution in [3.8, 4) is 5.75 Å². The van der Waals surface area contributed by atoms with Crippen LogP contribution in [0.3, 0.4) is 0 Å². The second-order valence-electron chi connectivity index (χ2n) is 25.3. The number of amides is 8. The number of phenols is 1. The molecule has 17 N–H and O–H groups in total. The number of urea groups is 1. The number of hydrogen-bond acceptors (Lipinski definition) is 21. The monoisotopic (exact) mass is 1490 g/mol. The second kappa shape index (κ2) is 45.2. The van der Waals surface area contributed by atoms with E-state index in [-0.39, 0.29) is 135 Å². The van der Waals surface area contributed by atoms with Gasteiger partial charge in [0.15, 0.2) is 0 Å². The number of rotatable bonds is 45. The predicted octanol–water partition coefficient (Wildman–Crippen LogP) is -1.70. The van der Waals surface area contributed by atoms with Gasteiger partial charge in [-0.1, -0.05) is 54.6 Å². The van der Waals surface area contributed by atoms with Crippen LogP contribution < -0.4 is 37.2 Å². The van der Waals surface area contributed by atoms with Gasteiger partial charge in [-0.05, 0) is 85.4 Å². The van der Waals surface area contributed by atoms with E-state index in [4.69, 9.17) is 5.11 Å². The maximum Gasteiger partial charge on any atom is 0.326 e. The third-order valence-electron chi connectivity index (χ3n) is 17.3. The van der Waals surface area contributed by atoms with Crippen molar-refractivity contribution in [3.05, 3.63) is 77.9 Å². The highest BCUT2D eigenvalue weighted by atomic mass is 16.4. The van der Waals surface area contributed by atoms with Crippen LogP contribution in [0.4, 0.5) is 4.79 Å². The fraction of sp³-hybridized carbons (Fsp3) is 0.529. The Kier molecular flexibility index (Phi) is 37.2. The number of carboxylic acids is 9. The van der Waals surface area contributed by atoms with Gasteiger partial charge in [0, 0.05) is 117 Å². The van der Waals surface area contributed by atoms with Crippen LogP contribution in [0.15, 0.2) is 66.7 Å². The SMILES string of the molecule is CN(C(=O)CCC(C(=O)O)N1CCN(CC(=O)O)CCN(CC(=O)O)CCN(CC(=O)O)CC1)[C@H](Cc1ccc(O)cc1)C(=O)N[C@H](Cc1ccc2ccccc2c1)C(=O)N[C@H](CCCCNC(=O)CCC(=O)NCCC[C@H](NC(=O)CC[C@H](NC(=O)N[C@@H](CCC(=O)O)C(=O)O)C(=O)O)C(=O)O)C(=O)O. The highest BCUT2D eigenvalue weighted by Crippen LogP contribution is 2.21. The molecule has 38 nitrogen and oxygen atoms in total. The first-order valence-electron chi connectivity index (χ1n) is 34.1. The molecule has 7 atom stereocenters. The molecule has 1 aliphatic heterocycles. The summed E-state index contributed by atoms with van der Waals surface area (Å²) in [6, 6.07) is 6.11. The molecule has 3 aromatic carbocycles. The number of carbonyl (C=O) groups is 16. The van der Waals surface area contributed by atoms with Gasteiger partial charge in [-0.25, -0.2) is 24.0 Å². The minimum Gasteiger partial charge on any atom is -0.508 e. The van der Waals surface area contributed by atoms with Crippen LogP contribution in [0.1, 0.15) is 94.6 Å². The number of unbranched alkanes of at least 4 members (excludes halogenated alkanes) is 1. The van der Waals surface area contributed by atoms with Crippen LogP contribution in [-0.4, -0.2) is 305 Å². The second-order valence-corrected chi connectivity index (χ2v) is 25.3. The molecule has 1 saturated heterocycles. The Morgan fingerprint density at radius 2 is 0.858 bits per heavy atom. The molecule has 582 valence electrons. The zero-order chi connectivity index (χ0) is 78.6. The lowest BCUT2D eigenvalue weighted by Gasteiger charge is -2.35. The summed E-state index contributed by atoms with van der Waals surface area (Å²) < 4.78 is 0. The summed E-state index contributed by atoms with van der Waals surface area (Å²) in [6.07, 6.45) is -4.27. The van der Waals surface area contributed by atoms with Crippen LogP contribution in [0.2, 0.25) is 0 Å². The minimum absolute atomic E-state index is 0.00932. The average molecular weight is 1500 g/mol. The highest BCUT2D eigenvalue weighted by Gasteiger charge is 2.36. The normalized spacial score (nSPS) is 15.3. The lowest BCUT2D eigenvalue weighted by molar-refractivity contribution is -0.146. The number of likely N-dealkylation sites (N-methyl/N-ethyl adjacent to an activating group) is 1. The number of fused-ring (bicyclic) bond motifs is 1. The molecule has 3 aromatic rings. The molecule has 4 rings (SSSR count). The molecule has 1 fully saturated rings. The Balaban J connectivity index is 1.38. The summed E-state index contributed by atoms with van der Waals surface area (Å²) in [6.45, 7) is -1.39. The van der Waals surface area contributed by atoms with Gasteiger partial charge in [0.2, 0.25) is 35.4 Å². The van der Waals surface area contributed by atoms with Crippen molar-refractivity contribution < 1.29 is 128 Å². The largest absolute Gasteiger partial charge is 0.508 e. The molecule has 1 unspecified atom stereocenters. The molecular weight excluding hydrogens is 1400 g/mol. The minimum atomic E-state index is -1.74. The molecule has 0 aliphatic carbocycles. The topological polar surface area (TPSA) is 576 Å². The molecular formula is C68H94N12O26. The molecule has 106 heavy (non-hydrogen) atoms. The van der Waals surface area contributed by atoms with Crippen LogP contribution >= 0.6 is 0 Å². The van der Waals surface area contributed by atoms with Crippen molar-refractivity contribution >= 4 is 106 Å². The van der Waals surface area contributed by atoms with E-state index in [1.165, 1.54) is 50.9 Å². The standard InChI is InChI=1S/C68H94N12O26/c1-76(56(85)23-19-51(67(104)105)80-33-31-78(39-59(90)91)29-27-77(38-58(88)89)28-30-79(32-34-80)40-60(92)93)52(37-41-12-15-45(81)16-13-41)62(95)73-50(36-42-11-14-43-7-2-3-8-44(43)35-42)61(94)72-47(64(98)99)9-4-5-25-69-53(82)21-22-54(83)70-26-6-10-46(63(96)97)71-55(84)20-17-48(65(100)101)74-68(106)75-49(66(102)103)18-24-57(86)87/h2-3,7-8,11-16,35,46-52,81H,4-6,9-10,17-34,36-40H2,1H3,(H,69,82)(H,70,83)(H,71,84)(H,72,94)(H,73,95)(H,86,87)(H,88,89)(H,90,91)(H,92,93)(H,96,97)(H,98,99)(H,100,101)(H,102,103)(H,104,105)(H2,74,75,106)/t46-,47+,48-,49-,50+,51?,52+/m0/s1. The van der Waals surface area contributed by atoms with E-state index in [0.717, 1.165) is 15.7 Å². The summed E-state index contributed by atoms with van der Waals surface area (Å²) in [4.78, 5) is 209. The molecule has 0 aromatic heterocycles. The number of carbonyl (C=O) groups excluding carboxylic acids is 7. The molecule has 0 spiro atoms. The summed E-state index contributed by atoms with van der Waals surface area (Å²) in [5.74, 6) is -17.2. The third kappa shape index (κ3) is 33.1. The smallest absolute Gasteiger partial charge is 0.326 e. The summed E-state index contributed by atoms with van der Waals surface area (Å²) >= 11 is 0. The van der Waals surface area contributed by atoms with Gasteiger partial charge in [-0.3, -0.25) is 72.3 Å². The van der Waals surface area contributed by atoms with Crippen LogP contribution in [-0.2, 0) is 84.8 Å². The predicted molar refractivity (Wildman–Crippen MR) is 370 cm³/mol. The molecule has 38 heteroatoms. The van der Waals surface area contributed by atoms with E-state index < -0.39 is 189 Å². The Bertz CT molecular complexity index is 3530. The van der Waals surface area contributed by atoms with Gasteiger partial charge < -0.3 is 93.2 Å². The fourth-order valence-electron chi connectivity index (χ4n) is 11.4. The van der Waals surface area contributed by atoms with E-state index in [2.05, 4.69) is 26.6 Å². The number of nitrogens with one attached hydrogen (secondary N) is 7.